The average molecular weight is 277 g/mol. The minimum atomic E-state index is -0.886. The third-order valence-electron chi connectivity index (χ3n) is 4.09. The van der Waals surface area contributed by atoms with E-state index in [2.05, 4.69) is 36.9 Å². The lowest BCUT2D eigenvalue weighted by Gasteiger charge is -2.32. The lowest BCUT2D eigenvalue weighted by Crippen LogP contribution is -2.37. The Morgan fingerprint density at radius 1 is 1.35 bits per heavy atom. The largest absolute Gasteiger partial charge is 0.480 e. The van der Waals surface area contributed by atoms with E-state index in [1.807, 2.05) is 0 Å². The molecule has 110 valence electrons. The summed E-state index contributed by atoms with van der Waals surface area (Å²) in [4.78, 5) is 12.9. The van der Waals surface area contributed by atoms with Gasteiger partial charge in [0.15, 0.2) is 0 Å². The van der Waals surface area contributed by atoms with E-state index >= 15 is 0 Å². The summed E-state index contributed by atoms with van der Waals surface area (Å²) >= 11 is 0. The Morgan fingerprint density at radius 2 is 2.05 bits per heavy atom. The number of ether oxygens (including phenoxy) is 1. The molecule has 0 unspecified atom stereocenters. The summed E-state index contributed by atoms with van der Waals surface area (Å²) in [5, 5.41) is 8.61. The van der Waals surface area contributed by atoms with Crippen LogP contribution in [0.1, 0.15) is 29.5 Å². The van der Waals surface area contributed by atoms with Gasteiger partial charge in [0.25, 0.3) is 0 Å². The third-order valence-corrected chi connectivity index (χ3v) is 4.09. The Bertz CT molecular complexity index is 465. The van der Waals surface area contributed by atoms with Crippen LogP contribution in [0, 0.1) is 13.8 Å². The maximum Gasteiger partial charge on any atom is 0.329 e. The standard InChI is InChI=1S/C16H23NO3/c1-12-4-3-5-14(13(12)2)10-17-8-6-15(7-9-17)20-11-16(18)19/h3-5,15H,6-11H2,1-2H3,(H,18,19). The summed E-state index contributed by atoms with van der Waals surface area (Å²) < 4.78 is 5.36. The average Bonchev–Trinajstić information content (AvgIpc) is 2.43. The van der Waals surface area contributed by atoms with Crippen molar-refractivity contribution in [3.05, 3.63) is 34.9 Å². The molecule has 0 aliphatic carbocycles. The minimum Gasteiger partial charge on any atom is -0.480 e. The molecule has 0 radical (unpaired) electrons. The second-order valence-corrected chi connectivity index (χ2v) is 5.54. The summed E-state index contributed by atoms with van der Waals surface area (Å²) in [6.45, 7) is 7.05. The molecule has 1 aliphatic rings. The molecule has 0 aromatic heterocycles. The fraction of sp³-hybridized carbons (Fsp3) is 0.562. The van der Waals surface area contributed by atoms with Crippen LogP contribution in [0.25, 0.3) is 0 Å². The number of carboxylic acid groups (broad SMARTS) is 1. The van der Waals surface area contributed by atoms with Gasteiger partial charge in [0.05, 0.1) is 6.10 Å². The summed E-state index contributed by atoms with van der Waals surface area (Å²) in [6, 6.07) is 6.44. The van der Waals surface area contributed by atoms with E-state index in [4.69, 9.17) is 9.84 Å². The molecule has 1 heterocycles. The molecule has 20 heavy (non-hydrogen) atoms. The molecule has 1 aromatic rings. The Balaban J connectivity index is 1.82. The smallest absolute Gasteiger partial charge is 0.329 e. The molecule has 1 aromatic carbocycles. The van der Waals surface area contributed by atoms with Crippen LogP contribution in [0.4, 0.5) is 0 Å². The first-order chi connectivity index (χ1) is 9.56. The van der Waals surface area contributed by atoms with Gasteiger partial charge in [-0.15, -0.1) is 0 Å². The van der Waals surface area contributed by atoms with E-state index in [0.29, 0.717) is 0 Å². The number of hydrogen-bond acceptors (Lipinski definition) is 3. The first-order valence-corrected chi connectivity index (χ1v) is 7.17. The van der Waals surface area contributed by atoms with Gasteiger partial charge in [0, 0.05) is 19.6 Å². The van der Waals surface area contributed by atoms with Gasteiger partial charge in [-0.1, -0.05) is 18.2 Å². The van der Waals surface area contributed by atoms with Gasteiger partial charge in [-0.3, -0.25) is 4.90 Å². The van der Waals surface area contributed by atoms with Gasteiger partial charge in [-0.05, 0) is 43.4 Å². The van der Waals surface area contributed by atoms with E-state index in [1.54, 1.807) is 0 Å². The second kappa shape index (κ2) is 6.86. The molecule has 0 saturated carbocycles. The molecule has 1 fully saturated rings. The van der Waals surface area contributed by atoms with Gasteiger partial charge < -0.3 is 9.84 Å². The quantitative estimate of drug-likeness (QED) is 0.897. The van der Waals surface area contributed by atoms with E-state index in [9.17, 15) is 4.79 Å². The molecule has 1 saturated heterocycles. The Hall–Kier alpha value is -1.39. The van der Waals surface area contributed by atoms with Crippen molar-refractivity contribution in [3.8, 4) is 0 Å². The summed E-state index contributed by atoms with van der Waals surface area (Å²) in [6.07, 6.45) is 1.93. The normalized spacial score (nSPS) is 17.3. The molecule has 0 atom stereocenters. The summed E-state index contributed by atoms with van der Waals surface area (Å²) in [5.41, 5.74) is 4.09. The number of nitrogens with zero attached hydrogens (tertiary/aromatic N) is 1. The zero-order valence-corrected chi connectivity index (χ0v) is 12.3. The number of aliphatic carboxylic acids is 1. The first kappa shape index (κ1) is 15.0. The number of aryl methyl sites for hydroxylation is 1. The van der Waals surface area contributed by atoms with Gasteiger partial charge in [0.1, 0.15) is 6.61 Å². The van der Waals surface area contributed by atoms with Crippen LogP contribution in [0.3, 0.4) is 0 Å². The predicted molar refractivity (Wildman–Crippen MR) is 77.8 cm³/mol. The number of rotatable bonds is 5. The number of carboxylic acids is 1. The van der Waals surface area contributed by atoms with Crippen LogP contribution in [0.2, 0.25) is 0 Å². The molecule has 0 amide bonds. The van der Waals surface area contributed by atoms with Crippen molar-refractivity contribution in [2.75, 3.05) is 19.7 Å². The topological polar surface area (TPSA) is 49.8 Å². The maximum absolute atomic E-state index is 10.5. The molecule has 4 nitrogen and oxygen atoms in total. The zero-order chi connectivity index (χ0) is 14.5. The first-order valence-electron chi connectivity index (χ1n) is 7.17. The van der Waals surface area contributed by atoms with Crippen LogP contribution in [0.5, 0.6) is 0 Å². The lowest BCUT2D eigenvalue weighted by molar-refractivity contribution is -0.145. The molecule has 0 spiro atoms. The maximum atomic E-state index is 10.5. The van der Waals surface area contributed by atoms with Gasteiger partial charge in [-0.2, -0.15) is 0 Å². The number of hydrogen-bond donors (Lipinski definition) is 1. The molecule has 4 heteroatoms. The highest BCUT2D eigenvalue weighted by Crippen LogP contribution is 2.19. The molecule has 0 bridgehead atoms. The van der Waals surface area contributed by atoms with Gasteiger partial charge in [0.2, 0.25) is 0 Å². The number of benzene rings is 1. The fourth-order valence-electron chi connectivity index (χ4n) is 2.65. The zero-order valence-electron chi connectivity index (χ0n) is 12.3. The van der Waals surface area contributed by atoms with E-state index in [-0.39, 0.29) is 12.7 Å². The number of carbonyl (C=O) groups is 1. The van der Waals surface area contributed by atoms with E-state index in [1.165, 1.54) is 16.7 Å². The number of likely N-dealkylation sites (tertiary alicyclic amines) is 1. The van der Waals surface area contributed by atoms with Crippen molar-refractivity contribution in [1.82, 2.24) is 4.90 Å². The SMILES string of the molecule is Cc1cccc(CN2CCC(OCC(=O)O)CC2)c1C. The predicted octanol–water partition coefficient (Wildman–Crippen LogP) is 2.37. The van der Waals surface area contributed by atoms with Crippen LogP contribution in [0.15, 0.2) is 18.2 Å². The summed E-state index contributed by atoms with van der Waals surface area (Å²) in [5.74, 6) is -0.886. The highest BCUT2D eigenvalue weighted by atomic mass is 16.5. The summed E-state index contributed by atoms with van der Waals surface area (Å²) in [7, 11) is 0. The van der Waals surface area contributed by atoms with Crippen LogP contribution >= 0.6 is 0 Å². The fourth-order valence-corrected chi connectivity index (χ4v) is 2.65. The van der Waals surface area contributed by atoms with Gasteiger partial charge in [-0.25, -0.2) is 4.79 Å². The third kappa shape index (κ3) is 4.05. The second-order valence-electron chi connectivity index (χ2n) is 5.54. The van der Waals surface area contributed by atoms with Crippen LogP contribution in [-0.2, 0) is 16.1 Å². The highest BCUT2D eigenvalue weighted by molar-refractivity contribution is 5.68. The van der Waals surface area contributed by atoms with Crippen molar-refractivity contribution in [1.29, 1.82) is 0 Å². The molecular weight excluding hydrogens is 254 g/mol. The van der Waals surface area contributed by atoms with Crippen molar-refractivity contribution in [3.63, 3.8) is 0 Å². The van der Waals surface area contributed by atoms with Crippen molar-refractivity contribution in [2.45, 2.75) is 39.3 Å². The highest BCUT2D eigenvalue weighted by Gasteiger charge is 2.20. The Labute approximate surface area is 120 Å². The lowest BCUT2D eigenvalue weighted by atomic mass is 10.0. The molecule has 1 aliphatic heterocycles. The van der Waals surface area contributed by atoms with E-state index < -0.39 is 5.97 Å². The van der Waals surface area contributed by atoms with Gasteiger partial charge >= 0.3 is 5.97 Å². The van der Waals surface area contributed by atoms with Crippen molar-refractivity contribution < 1.29 is 14.6 Å². The molecular formula is C16H23NO3. The van der Waals surface area contributed by atoms with Crippen LogP contribution < -0.4 is 0 Å². The van der Waals surface area contributed by atoms with Crippen LogP contribution in [-0.4, -0.2) is 41.8 Å². The molecule has 2 rings (SSSR count). The number of piperidine rings is 1. The monoisotopic (exact) mass is 277 g/mol. The Morgan fingerprint density at radius 3 is 2.70 bits per heavy atom. The van der Waals surface area contributed by atoms with Crippen molar-refractivity contribution in [2.24, 2.45) is 0 Å². The molecule has 1 N–H and O–H groups in total. The van der Waals surface area contributed by atoms with Crippen molar-refractivity contribution >= 4 is 5.97 Å². The Kier molecular flexibility index (Phi) is 5.15. The van der Waals surface area contributed by atoms with E-state index in [0.717, 1.165) is 32.5 Å². The minimum absolute atomic E-state index is 0.0981.